The maximum absolute atomic E-state index is 12.7. The zero-order chi connectivity index (χ0) is 26.4. The predicted octanol–water partition coefficient (Wildman–Crippen LogP) is 5.50. The quantitative estimate of drug-likeness (QED) is 0.261. The standard InChI is InChI=1S/C28H28ClN3O4S/c1-3-32-24-7-5-4-6-21(24)22-16-20(12-13-25(22)32)30-26(33)17-36-28(35)23(14-15-37-2)31-27(34)18-8-10-19(29)11-9-18/h4-13,16,23H,3,14-15,17H2,1-2H3,(H,30,33)(H,31,34). The number of ether oxygens (including phenoxy) is 1. The molecular formula is C28H28ClN3O4S. The Labute approximate surface area is 224 Å². The minimum absolute atomic E-state index is 0.374. The van der Waals surface area contributed by atoms with Crippen molar-refractivity contribution in [3.05, 3.63) is 77.3 Å². The van der Waals surface area contributed by atoms with Crippen LogP contribution in [0.3, 0.4) is 0 Å². The molecule has 0 bridgehead atoms. The summed E-state index contributed by atoms with van der Waals surface area (Å²) >= 11 is 7.43. The number of thioether (sulfide) groups is 1. The molecule has 0 spiro atoms. The van der Waals surface area contributed by atoms with Crippen molar-refractivity contribution >= 4 is 68.6 Å². The number of esters is 1. The molecular weight excluding hydrogens is 510 g/mol. The van der Waals surface area contributed by atoms with E-state index in [9.17, 15) is 14.4 Å². The van der Waals surface area contributed by atoms with Gasteiger partial charge in [0.15, 0.2) is 6.61 Å². The molecule has 7 nitrogen and oxygen atoms in total. The molecule has 1 heterocycles. The second-order valence-corrected chi connectivity index (χ2v) is 9.89. The van der Waals surface area contributed by atoms with Gasteiger partial charge in [0.1, 0.15) is 6.04 Å². The fourth-order valence-corrected chi connectivity index (χ4v) is 4.83. The third-order valence-electron chi connectivity index (χ3n) is 6.02. The Morgan fingerprint density at radius 1 is 1.00 bits per heavy atom. The topological polar surface area (TPSA) is 89.4 Å². The molecule has 4 rings (SSSR count). The van der Waals surface area contributed by atoms with Gasteiger partial charge in [-0.2, -0.15) is 11.8 Å². The molecule has 9 heteroatoms. The van der Waals surface area contributed by atoms with E-state index < -0.39 is 30.4 Å². The SMILES string of the molecule is CCn1c2ccccc2c2cc(NC(=O)COC(=O)C(CCSC)NC(=O)c3ccc(Cl)cc3)ccc21. The molecule has 0 aliphatic heterocycles. The molecule has 2 amide bonds. The fourth-order valence-electron chi connectivity index (χ4n) is 4.23. The number of hydrogen-bond acceptors (Lipinski definition) is 5. The molecule has 1 atom stereocenters. The van der Waals surface area contributed by atoms with Gasteiger partial charge < -0.3 is 19.9 Å². The number of para-hydroxylation sites is 1. The van der Waals surface area contributed by atoms with Gasteiger partial charge in [0.05, 0.1) is 0 Å². The zero-order valence-corrected chi connectivity index (χ0v) is 22.2. The largest absolute Gasteiger partial charge is 0.454 e. The van der Waals surface area contributed by atoms with Crippen LogP contribution in [0.2, 0.25) is 5.02 Å². The number of carbonyl (C=O) groups is 3. The monoisotopic (exact) mass is 537 g/mol. The molecule has 1 unspecified atom stereocenters. The number of anilines is 1. The van der Waals surface area contributed by atoms with E-state index in [1.165, 1.54) is 0 Å². The van der Waals surface area contributed by atoms with E-state index in [0.717, 1.165) is 28.4 Å². The lowest BCUT2D eigenvalue weighted by Crippen LogP contribution is -2.43. The lowest BCUT2D eigenvalue weighted by atomic mass is 10.1. The number of fused-ring (bicyclic) bond motifs is 3. The van der Waals surface area contributed by atoms with Crippen LogP contribution >= 0.6 is 23.4 Å². The molecule has 0 saturated heterocycles. The van der Waals surface area contributed by atoms with Crippen molar-refractivity contribution in [1.29, 1.82) is 0 Å². The third kappa shape index (κ3) is 6.26. The molecule has 0 fully saturated rings. The highest BCUT2D eigenvalue weighted by Crippen LogP contribution is 2.31. The number of halogens is 1. The van der Waals surface area contributed by atoms with Crippen LogP contribution in [0.4, 0.5) is 5.69 Å². The lowest BCUT2D eigenvalue weighted by molar-refractivity contribution is -0.149. The highest BCUT2D eigenvalue weighted by Gasteiger charge is 2.23. The van der Waals surface area contributed by atoms with Gasteiger partial charge >= 0.3 is 5.97 Å². The van der Waals surface area contributed by atoms with Crippen LogP contribution in [-0.2, 0) is 20.9 Å². The molecule has 192 valence electrons. The summed E-state index contributed by atoms with van der Waals surface area (Å²) in [6.45, 7) is 2.47. The summed E-state index contributed by atoms with van der Waals surface area (Å²) in [4.78, 5) is 37.9. The van der Waals surface area contributed by atoms with Crippen molar-refractivity contribution in [3.63, 3.8) is 0 Å². The smallest absolute Gasteiger partial charge is 0.329 e. The molecule has 2 N–H and O–H groups in total. The van der Waals surface area contributed by atoms with Gasteiger partial charge in [-0.3, -0.25) is 9.59 Å². The summed E-state index contributed by atoms with van der Waals surface area (Å²) in [5.41, 5.74) is 3.21. The van der Waals surface area contributed by atoms with Crippen molar-refractivity contribution in [1.82, 2.24) is 9.88 Å². The lowest BCUT2D eigenvalue weighted by Gasteiger charge is -2.17. The maximum atomic E-state index is 12.7. The molecule has 1 aromatic heterocycles. The number of nitrogens with zero attached hydrogens (tertiary/aromatic N) is 1. The summed E-state index contributed by atoms with van der Waals surface area (Å²) in [5, 5.41) is 8.16. The molecule has 0 aliphatic carbocycles. The third-order valence-corrected chi connectivity index (χ3v) is 6.92. The van der Waals surface area contributed by atoms with Crippen LogP contribution in [-0.4, -0.2) is 47.0 Å². The summed E-state index contributed by atoms with van der Waals surface area (Å²) < 4.78 is 7.50. The highest BCUT2D eigenvalue weighted by atomic mass is 35.5. The molecule has 37 heavy (non-hydrogen) atoms. The number of nitrogens with one attached hydrogen (secondary N) is 2. The number of aryl methyl sites for hydroxylation is 1. The van der Waals surface area contributed by atoms with Crippen LogP contribution < -0.4 is 10.6 Å². The summed E-state index contributed by atoms with van der Waals surface area (Å²) in [6.07, 6.45) is 2.28. The number of rotatable bonds is 10. The maximum Gasteiger partial charge on any atom is 0.329 e. The Balaban J connectivity index is 1.40. The molecule has 0 aliphatic rings. The number of hydrogen-bond donors (Lipinski definition) is 2. The minimum Gasteiger partial charge on any atom is -0.454 e. The van der Waals surface area contributed by atoms with E-state index in [4.69, 9.17) is 16.3 Å². The molecule has 0 saturated carbocycles. The fraction of sp³-hybridized carbons (Fsp3) is 0.250. The van der Waals surface area contributed by atoms with Crippen molar-refractivity contribution in [2.24, 2.45) is 0 Å². The van der Waals surface area contributed by atoms with E-state index in [2.05, 4.69) is 34.3 Å². The van der Waals surface area contributed by atoms with E-state index in [1.807, 2.05) is 36.6 Å². The second-order valence-electron chi connectivity index (χ2n) is 8.46. The Kier molecular flexibility index (Phi) is 8.74. The van der Waals surface area contributed by atoms with E-state index in [1.54, 1.807) is 36.0 Å². The van der Waals surface area contributed by atoms with E-state index in [0.29, 0.717) is 28.4 Å². The zero-order valence-electron chi connectivity index (χ0n) is 20.6. The number of aromatic nitrogens is 1. The first kappa shape index (κ1) is 26.6. The summed E-state index contributed by atoms with van der Waals surface area (Å²) in [5.74, 6) is -0.894. The average Bonchev–Trinajstić information content (AvgIpc) is 3.22. The van der Waals surface area contributed by atoms with Crippen molar-refractivity contribution in [2.45, 2.75) is 25.9 Å². The molecule has 0 radical (unpaired) electrons. The summed E-state index contributed by atoms with van der Waals surface area (Å²) in [7, 11) is 0. The predicted molar refractivity (Wildman–Crippen MR) is 150 cm³/mol. The van der Waals surface area contributed by atoms with Gasteiger partial charge in [-0.15, -0.1) is 0 Å². The van der Waals surface area contributed by atoms with Gasteiger partial charge in [0, 0.05) is 44.6 Å². The van der Waals surface area contributed by atoms with Crippen LogP contribution in [0.15, 0.2) is 66.7 Å². The van der Waals surface area contributed by atoms with Gasteiger partial charge in [0.2, 0.25) is 0 Å². The van der Waals surface area contributed by atoms with Gasteiger partial charge in [0.25, 0.3) is 11.8 Å². The molecule has 3 aromatic carbocycles. The second kappa shape index (κ2) is 12.2. The first-order valence-corrected chi connectivity index (χ1v) is 13.7. The Bertz CT molecular complexity index is 1430. The number of carbonyl (C=O) groups excluding carboxylic acids is 3. The Morgan fingerprint density at radius 2 is 1.73 bits per heavy atom. The Morgan fingerprint density at radius 3 is 2.46 bits per heavy atom. The van der Waals surface area contributed by atoms with Crippen molar-refractivity contribution in [2.75, 3.05) is 23.9 Å². The van der Waals surface area contributed by atoms with Crippen LogP contribution in [0.25, 0.3) is 21.8 Å². The van der Waals surface area contributed by atoms with Gasteiger partial charge in [-0.1, -0.05) is 29.8 Å². The highest BCUT2D eigenvalue weighted by molar-refractivity contribution is 7.98. The number of amides is 2. The number of benzene rings is 3. The van der Waals surface area contributed by atoms with Crippen LogP contribution in [0, 0.1) is 0 Å². The average molecular weight is 538 g/mol. The normalized spacial score (nSPS) is 11.9. The van der Waals surface area contributed by atoms with E-state index in [-0.39, 0.29) is 0 Å². The first-order valence-electron chi connectivity index (χ1n) is 11.9. The minimum atomic E-state index is -0.875. The Hall–Kier alpha value is -3.49. The summed E-state index contributed by atoms with van der Waals surface area (Å²) in [6, 6.07) is 19.4. The van der Waals surface area contributed by atoms with Crippen molar-refractivity contribution in [3.8, 4) is 0 Å². The first-order chi connectivity index (χ1) is 17.9. The van der Waals surface area contributed by atoms with Gasteiger partial charge in [-0.25, -0.2) is 4.79 Å². The van der Waals surface area contributed by atoms with Crippen molar-refractivity contribution < 1.29 is 19.1 Å². The van der Waals surface area contributed by atoms with E-state index >= 15 is 0 Å². The van der Waals surface area contributed by atoms with Crippen LogP contribution in [0.5, 0.6) is 0 Å². The van der Waals surface area contributed by atoms with Gasteiger partial charge in [-0.05, 0) is 73.9 Å². The van der Waals surface area contributed by atoms with Crippen LogP contribution in [0.1, 0.15) is 23.7 Å². The molecule has 4 aromatic rings.